The van der Waals surface area contributed by atoms with Crippen LogP contribution in [0.2, 0.25) is 0 Å². The van der Waals surface area contributed by atoms with Crippen LogP contribution < -0.4 is 0 Å². The molecular formula is C9H10N2O. The first kappa shape index (κ1) is 8.54. The van der Waals surface area contributed by atoms with Crippen molar-refractivity contribution in [1.29, 1.82) is 5.26 Å². The van der Waals surface area contributed by atoms with Gasteiger partial charge in [-0.3, -0.25) is 4.98 Å². The Kier molecular flexibility index (Phi) is 2.29. The lowest BCUT2D eigenvalue weighted by molar-refractivity contribution is 0.470. The fraction of sp³-hybridized carbons (Fsp3) is 0.333. The van der Waals surface area contributed by atoms with E-state index in [1.807, 2.05) is 19.9 Å². The van der Waals surface area contributed by atoms with Gasteiger partial charge < -0.3 is 5.11 Å². The van der Waals surface area contributed by atoms with Gasteiger partial charge in [0.1, 0.15) is 6.07 Å². The molecule has 1 aromatic heterocycles. The molecule has 0 saturated carbocycles. The Hall–Kier alpha value is -1.56. The highest BCUT2D eigenvalue weighted by atomic mass is 16.3. The van der Waals surface area contributed by atoms with E-state index in [4.69, 9.17) is 10.4 Å². The maximum Gasteiger partial charge on any atom is 0.151 e. The molecule has 0 amide bonds. The standard InChI is InChI=1S/C9H10N2O/c1-6(2)8-3-7(4-10)9(12)5-11-8/h3,5-6,12H,1-2H3. The highest BCUT2D eigenvalue weighted by molar-refractivity contribution is 5.41. The van der Waals surface area contributed by atoms with Gasteiger partial charge >= 0.3 is 0 Å². The van der Waals surface area contributed by atoms with Crippen LogP contribution in [0.4, 0.5) is 0 Å². The van der Waals surface area contributed by atoms with Crippen LogP contribution in [0, 0.1) is 11.3 Å². The molecule has 0 aliphatic carbocycles. The van der Waals surface area contributed by atoms with Crippen LogP contribution in [0.1, 0.15) is 31.0 Å². The van der Waals surface area contributed by atoms with Crippen molar-refractivity contribution in [3.05, 3.63) is 23.5 Å². The third-order valence-electron chi connectivity index (χ3n) is 1.62. The lowest BCUT2D eigenvalue weighted by Gasteiger charge is -2.04. The SMILES string of the molecule is CC(C)c1cc(C#N)c(O)cn1. The first-order valence-corrected chi connectivity index (χ1v) is 3.74. The van der Waals surface area contributed by atoms with Crippen molar-refractivity contribution in [3.8, 4) is 11.8 Å². The van der Waals surface area contributed by atoms with Crippen LogP contribution in [0.25, 0.3) is 0 Å². The zero-order chi connectivity index (χ0) is 9.14. The Bertz CT molecular complexity index is 326. The van der Waals surface area contributed by atoms with Gasteiger partial charge in [0, 0.05) is 5.69 Å². The van der Waals surface area contributed by atoms with Crippen molar-refractivity contribution in [2.75, 3.05) is 0 Å². The first-order chi connectivity index (χ1) is 5.65. The summed E-state index contributed by atoms with van der Waals surface area (Å²) in [4.78, 5) is 3.99. The van der Waals surface area contributed by atoms with E-state index >= 15 is 0 Å². The Morgan fingerprint density at radius 3 is 2.75 bits per heavy atom. The van der Waals surface area contributed by atoms with Gasteiger partial charge in [0.05, 0.1) is 11.8 Å². The molecule has 0 atom stereocenters. The molecule has 1 aromatic rings. The van der Waals surface area contributed by atoms with E-state index in [0.29, 0.717) is 0 Å². The Labute approximate surface area is 71.3 Å². The van der Waals surface area contributed by atoms with Gasteiger partial charge in [-0.1, -0.05) is 13.8 Å². The molecule has 0 aliphatic rings. The van der Waals surface area contributed by atoms with E-state index in [-0.39, 0.29) is 17.2 Å². The predicted octanol–water partition coefficient (Wildman–Crippen LogP) is 1.78. The molecular weight excluding hydrogens is 152 g/mol. The lowest BCUT2D eigenvalue weighted by Crippen LogP contribution is -1.92. The fourth-order valence-electron chi connectivity index (χ4n) is 0.870. The third kappa shape index (κ3) is 1.54. The number of pyridine rings is 1. The van der Waals surface area contributed by atoms with Gasteiger partial charge in [0.25, 0.3) is 0 Å². The highest BCUT2D eigenvalue weighted by Crippen LogP contribution is 2.19. The minimum absolute atomic E-state index is 0.0538. The average Bonchev–Trinajstić information content (AvgIpc) is 2.05. The molecule has 0 saturated heterocycles. The highest BCUT2D eigenvalue weighted by Gasteiger charge is 2.05. The molecule has 3 nitrogen and oxygen atoms in total. The number of nitriles is 1. The van der Waals surface area contributed by atoms with Crippen molar-refractivity contribution in [2.45, 2.75) is 19.8 Å². The molecule has 0 radical (unpaired) electrons. The smallest absolute Gasteiger partial charge is 0.151 e. The third-order valence-corrected chi connectivity index (χ3v) is 1.62. The van der Waals surface area contributed by atoms with E-state index in [2.05, 4.69) is 4.98 Å². The van der Waals surface area contributed by atoms with Crippen LogP contribution in [-0.2, 0) is 0 Å². The molecule has 0 spiro atoms. The molecule has 1 rings (SSSR count). The zero-order valence-corrected chi connectivity index (χ0v) is 7.07. The number of rotatable bonds is 1. The molecule has 1 N–H and O–H groups in total. The number of aromatic hydroxyl groups is 1. The van der Waals surface area contributed by atoms with E-state index in [9.17, 15) is 0 Å². The second-order valence-electron chi connectivity index (χ2n) is 2.89. The summed E-state index contributed by atoms with van der Waals surface area (Å²) in [7, 11) is 0. The lowest BCUT2D eigenvalue weighted by atomic mass is 10.1. The molecule has 0 bridgehead atoms. The summed E-state index contributed by atoms with van der Waals surface area (Å²) < 4.78 is 0. The van der Waals surface area contributed by atoms with Crippen LogP contribution >= 0.6 is 0 Å². The Balaban J connectivity index is 3.16. The van der Waals surface area contributed by atoms with Crippen molar-refractivity contribution in [1.82, 2.24) is 4.98 Å². The van der Waals surface area contributed by atoms with Gasteiger partial charge in [-0.15, -0.1) is 0 Å². The largest absolute Gasteiger partial charge is 0.505 e. The molecule has 0 fully saturated rings. The summed E-state index contributed by atoms with van der Waals surface area (Å²) in [6.07, 6.45) is 1.31. The van der Waals surface area contributed by atoms with Crippen molar-refractivity contribution in [2.24, 2.45) is 0 Å². The minimum atomic E-state index is -0.0538. The molecule has 3 heteroatoms. The van der Waals surface area contributed by atoms with Gasteiger partial charge in [-0.25, -0.2) is 0 Å². The Morgan fingerprint density at radius 2 is 2.25 bits per heavy atom. The summed E-state index contributed by atoms with van der Waals surface area (Å²) in [6.45, 7) is 3.97. The van der Waals surface area contributed by atoms with E-state index < -0.39 is 0 Å². The number of hydrogen-bond acceptors (Lipinski definition) is 3. The van der Waals surface area contributed by atoms with Crippen molar-refractivity contribution in [3.63, 3.8) is 0 Å². The van der Waals surface area contributed by atoms with Crippen LogP contribution in [-0.4, -0.2) is 10.1 Å². The van der Waals surface area contributed by atoms with Gasteiger partial charge in [-0.2, -0.15) is 5.26 Å². The first-order valence-electron chi connectivity index (χ1n) is 3.74. The number of nitrogens with zero attached hydrogens (tertiary/aromatic N) is 2. The summed E-state index contributed by atoms with van der Waals surface area (Å²) in [5, 5.41) is 17.7. The number of hydrogen-bond donors (Lipinski definition) is 1. The zero-order valence-electron chi connectivity index (χ0n) is 7.07. The molecule has 0 unspecified atom stereocenters. The van der Waals surface area contributed by atoms with Gasteiger partial charge in [-0.05, 0) is 12.0 Å². The summed E-state index contributed by atoms with van der Waals surface area (Å²) >= 11 is 0. The normalized spacial score (nSPS) is 9.83. The fourth-order valence-corrected chi connectivity index (χ4v) is 0.870. The van der Waals surface area contributed by atoms with Crippen molar-refractivity contribution < 1.29 is 5.11 Å². The summed E-state index contributed by atoms with van der Waals surface area (Å²) in [5.74, 6) is 0.222. The van der Waals surface area contributed by atoms with Crippen molar-refractivity contribution >= 4 is 0 Å². The monoisotopic (exact) mass is 162 g/mol. The quantitative estimate of drug-likeness (QED) is 0.684. The molecule has 12 heavy (non-hydrogen) atoms. The number of aromatic nitrogens is 1. The van der Waals surface area contributed by atoms with E-state index in [1.54, 1.807) is 6.07 Å². The van der Waals surface area contributed by atoms with Crippen LogP contribution in [0.5, 0.6) is 5.75 Å². The van der Waals surface area contributed by atoms with E-state index in [1.165, 1.54) is 6.20 Å². The maximum atomic E-state index is 9.13. The molecule has 1 heterocycles. The molecule has 0 aliphatic heterocycles. The molecule has 62 valence electrons. The van der Waals surface area contributed by atoms with Crippen LogP contribution in [0.3, 0.4) is 0 Å². The topological polar surface area (TPSA) is 56.9 Å². The van der Waals surface area contributed by atoms with Gasteiger partial charge in [0.2, 0.25) is 0 Å². The second-order valence-corrected chi connectivity index (χ2v) is 2.89. The molecule has 0 aromatic carbocycles. The Morgan fingerprint density at radius 1 is 1.58 bits per heavy atom. The average molecular weight is 162 g/mol. The minimum Gasteiger partial charge on any atom is -0.505 e. The second kappa shape index (κ2) is 3.22. The summed E-state index contributed by atoms with van der Waals surface area (Å²) in [5.41, 5.74) is 1.11. The van der Waals surface area contributed by atoms with Crippen LogP contribution in [0.15, 0.2) is 12.3 Å². The van der Waals surface area contributed by atoms with E-state index in [0.717, 1.165) is 5.69 Å². The predicted molar refractivity (Wildman–Crippen MR) is 44.7 cm³/mol. The maximum absolute atomic E-state index is 9.13. The summed E-state index contributed by atoms with van der Waals surface area (Å²) in [6, 6.07) is 3.51. The van der Waals surface area contributed by atoms with Gasteiger partial charge in [0.15, 0.2) is 5.75 Å².